The third-order valence-corrected chi connectivity index (χ3v) is 5.24. The molecule has 1 aliphatic heterocycles. The van der Waals surface area contributed by atoms with Gasteiger partial charge in [-0.25, -0.2) is 13.4 Å². The summed E-state index contributed by atoms with van der Waals surface area (Å²) in [5.74, 6) is 0.258. The Morgan fingerprint density at radius 1 is 1.21 bits per heavy atom. The number of methoxy groups -OCH3 is 1. The number of sulfonamides is 1. The predicted octanol–water partition coefficient (Wildman–Crippen LogP) is 1.17. The van der Waals surface area contributed by atoms with E-state index < -0.39 is 10.0 Å². The van der Waals surface area contributed by atoms with Crippen molar-refractivity contribution < 1.29 is 22.7 Å². The lowest BCUT2D eigenvalue weighted by Gasteiger charge is -2.10. The van der Waals surface area contributed by atoms with Gasteiger partial charge in [0.1, 0.15) is 18.1 Å². The number of aromatic nitrogens is 1. The third kappa shape index (κ3) is 4.65. The summed E-state index contributed by atoms with van der Waals surface area (Å²) >= 11 is 0. The minimum Gasteiger partial charge on any atom is -0.474 e. The Morgan fingerprint density at radius 3 is 2.86 bits per heavy atom. The maximum Gasteiger partial charge on any atom is 0.263 e. The summed E-state index contributed by atoms with van der Waals surface area (Å²) in [6, 6.07) is 9.93. The summed E-state index contributed by atoms with van der Waals surface area (Å²) in [4.78, 5) is 20.7. The molecule has 3 rings (SSSR count). The van der Waals surface area contributed by atoms with Crippen molar-refractivity contribution in [1.29, 1.82) is 0 Å². The van der Waals surface area contributed by atoms with E-state index in [1.807, 2.05) is 0 Å². The molecule has 0 atom stereocenters. The van der Waals surface area contributed by atoms with E-state index in [1.165, 1.54) is 6.07 Å². The maximum atomic E-state index is 12.2. The summed E-state index contributed by atoms with van der Waals surface area (Å²) in [5, 5.41) is 2.72. The van der Waals surface area contributed by atoms with Crippen LogP contribution >= 0.6 is 0 Å². The largest absolute Gasteiger partial charge is 0.474 e. The average molecular weight is 404 g/mol. The van der Waals surface area contributed by atoms with Crippen LogP contribution in [0.4, 0.5) is 5.69 Å². The first-order valence-corrected chi connectivity index (χ1v) is 10.0. The predicted molar refractivity (Wildman–Crippen MR) is 103 cm³/mol. The number of nitrogens with zero attached hydrogens (tertiary/aromatic N) is 2. The molecule has 0 saturated carbocycles. The van der Waals surface area contributed by atoms with E-state index in [0.29, 0.717) is 30.3 Å². The number of carbonyl (C=O) groups excluding carboxylic acids is 1. The van der Waals surface area contributed by atoms with Gasteiger partial charge in [0.2, 0.25) is 11.8 Å². The number of anilines is 1. The van der Waals surface area contributed by atoms with Crippen LogP contribution in [-0.2, 0) is 19.6 Å². The number of benzene rings is 1. The van der Waals surface area contributed by atoms with Gasteiger partial charge >= 0.3 is 0 Å². The fourth-order valence-corrected chi connectivity index (χ4v) is 3.81. The minimum atomic E-state index is -3.59. The van der Waals surface area contributed by atoms with E-state index in [2.05, 4.69) is 20.0 Å². The topological polar surface area (TPSA) is 119 Å². The molecule has 0 aliphatic carbocycles. The number of amides is 1. The smallest absolute Gasteiger partial charge is 0.263 e. The number of fused-ring (bicyclic) bond motifs is 1. The number of hydrogen-bond donors (Lipinski definition) is 2. The molecule has 2 aromatic rings. The van der Waals surface area contributed by atoms with E-state index in [-0.39, 0.29) is 29.6 Å². The minimum absolute atomic E-state index is 0.0692. The lowest BCUT2D eigenvalue weighted by Crippen LogP contribution is -2.23. The Balaban J connectivity index is 1.60. The first kappa shape index (κ1) is 19.8. The lowest BCUT2D eigenvalue weighted by molar-refractivity contribution is -0.116. The molecule has 10 heteroatoms. The number of aliphatic imine (C=N–C) groups is 1. The van der Waals surface area contributed by atoms with Crippen molar-refractivity contribution >= 4 is 27.5 Å². The molecule has 0 saturated heterocycles. The van der Waals surface area contributed by atoms with Crippen LogP contribution in [-0.4, -0.2) is 52.0 Å². The van der Waals surface area contributed by atoms with Crippen LogP contribution in [0.15, 0.2) is 52.5 Å². The summed E-state index contributed by atoms with van der Waals surface area (Å²) in [6.45, 7) is 0.834. The van der Waals surface area contributed by atoms with Crippen LogP contribution in [0, 0.1) is 0 Å². The van der Waals surface area contributed by atoms with Crippen molar-refractivity contribution in [2.75, 3.05) is 32.2 Å². The second kappa shape index (κ2) is 8.81. The van der Waals surface area contributed by atoms with Crippen molar-refractivity contribution in [3.63, 3.8) is 0 Å². The molecule has 0 unspecified atom stereocenters. The number of rotatable bonds is 8. The van der Waals surface area contributed by atoms with Crippen LogP contribution in [0.5, 0.6) is 5.88 Å². The molecule has 2 N–H and O–H groups in total. The number of amidine groups is 1. The van der Waals surface area contributed by atoms with Crippen LogP contribution in [0.1, 0.15) is 12.0 Å². The van der Waals surface area contributed by atoms with E-state index in [9.17, 15) is 13.2 Å². The highest BCUT2D eigenvalue weighted by Gasteiger charge is 2.29. The van der Waals surface area contributed by atoms with E-state index in [0.717, 1.165) is 0 Å². The van der Waals surface area contributed by atoms with Crippen molar-refractivity contribution in [3.8, 4) is 5.88 Å². The maximum absolute atomic E-state index is 12.2. The number of pyridine rings is 1. The molecule has 0 spiro atoms. The van der Waals surface area contributed by atoms with Gasteiger partial charge in [-0.2, -0.15) is 0 Å². The molecular weight excluding hydrogens is 384 g/mol. The summed E-state index contributed by atoms with van der Waals surface area (Å²) in [7, 11) is -2.02. The van der Waals surface area contributed by atoms with E-state index in [1.54, 1.807) is 43.6 Å². The number of ether oxygens (including phenoxy) is 2. The SMILES string of the molecule is COCCOc1ncccc1NC(=O)CCN=C1NS(=O)(=O)c2ccccc21. The second-order valence-corrected chi connectivity index (χ2v) is 7.48. The zero-order valence-corrected chi connectivity index (χ0v) is 16.0. The second-order valence-electron chi connectivity index (χ2n) is 5.83. The molecule has 1 aromatic carbocycles. The van der Waals surface area contributed by atoms with Gasteiger partial charge in [0.15, 0.2) is 0 Å². The highest BCUT2D eigenvalue weighted by Crippen LogP contribution is 2.22. The highest BCUT2D eigenvalue weighted by atomic mass is 32.2. The highest BCUT2D eigenvalue weighted by molar-refractivity contribution is 7.90. The van der Waals surface area contributed by atoms with E-state index in [4.69, 9.17) is 9.47 Å². The number of carbonyl (C=O) groups is 1. The van der Waals surface area contributed by atoms with Crippen LogP contribution in [0.3, 0.4) is 0 Å². The summed E-state index contributed by atoms with van der Waals surface area (Å²) in [6.07, 6.45) is 1.63. The van der Waals surface area contributed by atoms with Crippen molar-refractivity contribution in [2.24, 2.45) is 4.99 Å². The molecule has 0 fully saturated rings. The van der Waals surface area contributed by atoms with Crippen molar-refractivity contribution in [2.45, 2.75) is 11.3 Å². The fourth-order valence-electron chi connectivity index (χ4n) is 2.56. The Bertz CT molecular complexity index is 991. The normalized spacial score (nSPS) is 15.7. The van der Waals surface area contributed by atoms with Gasteiger partial charge in [0, 0.05) is 25.3 Å². The standard InChI is InChI=1S/C18H20N4O5S/c1-26-11-12-27-18-14(6-4-9-20-18)21-16(23)8-10-19-17-13-5-2-3-7-15(13)28(24,25)22-17/h2-7,9H,8,10-12H2,1H3,(H,19,22)(H,21,23). The number of nitrogens with one attached hydrogen (secondary N) is 2. The van der Waals surface area contributed by atoms with Gasteiger partial charge in [-0.1, -0.05) is 12.1 Å². The molecule has 148 valence electrons. The van der Waals surface area contributed by atoms with Crippen LogP contribution in [0.25, 0.3) is 0 Å². The van der Waals surface area contributed by atoms with Gasteiger partial charge in [0.05, 0.1) is 18.0 Å². The Kier molecular flexibility index (Phi) is 6.22. The van der Waals surface area contributed by atoms with Gasteiger partial charge in [-0.05, 0) is 24.3 Å². The van der Waals surface area contributed by atoms with E-state index >= 15 is 0 Å². The van der Waals surface area contributed by atoms with Gasteiger partial charge in [-0.3, -0.25) is 14.5 Å². The zero-order chi connectivity index (χ0) is 20.0. The molecule has 9 nitrogen and oxygen atoms in total. The number of hydrogen-bond acceptors (Lipinski definition) is 7. The van der Waals surface area contributed by atoms with Gasteiger partial charge in [-0.15, -0.1) is 0 Å². The van der Waals surface area contributed by atoms with Gasteiger partial charge in [0.25, 0.3) is 10.0 Å². The molecule has 1 aromatic heterocycles. The lowest BCUT2D eigenvalue weighted by atomic mass is 10.2. The van der Waals surface area contributed by atoms with Crippen LogP contribution in [0.2, 0.25) is 0 Å². The Morgan fingerprint density at radius 2 is 2.04 bits per heavy atom. The van der Waals surface area contributed by atoms with Crippen LogP contribution < -0.4 is 14.8 Å². The van der Waals surface area contributed by atoms with Crippen molar-refractivity contribution in [1.82, 2.24) is 9.71 Å². The third-order valence-electron chi connectivity index (χ3n) is 3.84. The first-order chi connectivity index (χ1) is 13.5. The fraction of sp³-hybridized carbons (Fsp3) is 0.278. The Labute approximate surface area is 162 Å². The molecule has 28 heavy (non-hydrogen) atoms. The Hall–Kier alpha value is -2.98. The van der Waals surface area contributed by atoms with Gasteiger partial charge < -0.3 is 14.8 Å². The quantitative estimate of drug-likeness (QED) is 0.638. The monoisotopic (exact) mass is 404 g/mol. The molecule has 1 aliphatic rings. The average Bonchev–Trinajstić information content (AvgIpc) is 2.94. The molecule has 2 heterocycles. The van der Waals surface area contributed by atoms with Crippen molar-refractivity contribution in [3.05, 3.63) is 48.2 Å². The molecule has 0 bridgehead atoms. The molecular formula is C18H20N4O5S. The summed E-state index contributed by atoms with van der Waals surface area (Å²) < 4.78 is 36.9. The summed E-state index contributed by atoms with van der Waals surface area (Å²) in [5.41, 5.74) is 0.951. The molecule has 0 radical (unpaired) electrons. The first-order valence-electron chi connectivity index (χ1n) is 8.54. The molecule has 1 amide bonds. The zero-order valence-electron chi connectivity index (χ0n) is 15.2.